The monoisotopic (exact) mass is 463 g/mol. The fourth-order valence-electron chi connectivity index (χ4n) is 3.02. The summed E-state index contributed by atoms with van der Waals surface area (Å²) in [6.45, 7) is 0.447. The van der Waals surface area contributed by atoms with Crippen molar-refractivity contribution < 1.29 is 31.8 Å². The molecule has 0 aliphatic carbocycles. The predicted octanol–water partition coefficient (Wildman–Crippen LogP) is 3.64. The second-order valence-corrected chi connectivity index (χ2v) is 8.87. The van der Waals surface area contributed by atoms with E-state index >= 15 is 0 Å². The number of rotatable bonds is 7. The zero-order chi connectivity index (χ0) is 21.8. The molecule has 0 atom stereocenters. The van der Waals surface area contributed by atoms with Crippen molar-refractivity contribution in [3.05, 3.63) is 82.3 Å². The largest absolute Gasteiger partial charge is 0.468 e. The normalized spacial score (nSPS) is 13.3. The SMILES string of the molecule is O=C(OCc1cc(Cl)cc2c1OCOC2)c1ccc(S(=O)(=O)NCc2ccco2)cc1. The average Bonchev–Trinajstić information content (AvgIpc) is 3.30. The molecule has 8 nitrogen and oxygen atoms in total. The number of hydrogen-bond donors (Lipinski definition) is 1. The van der Waals surface area contributed by atoms with E-state index in [1.54, 1.807) is 24.3 Å². The highest BCUT2D eigenvalue weighted by Gasteiger charge is 2.19. The van der Waals surface area contributed by atoms with Gasteiger partial charge < -0.3 is 18.6 Å². The van der Waals surface area contributed by atoms with Crippen molar-refractivity contribution in [2.45, 2.75) is 24.7 Å². The van der Waals surface area contributed by atoms with Crippen LogP contribution in [0.25, 0.3) is 0 Å². The molecule has 0 bridgehead atoms. The van der Waals surface area contributed by atoms with E-state index in [4.69, 9.17) is 30.2 Å². The van der Waals surface area contributed by atoms with E-state index in [1.165, 1.54) is 30.5 Å². The van der Waals surface area contributed by atoms with Gasteiger partial charge in [-0.3, -0.25) is 0 Å². The summed E-state index contributed by atoms with van der Waals surface area (Å²) < 4.78 is 48.4. The lowest BCUT2D eigenvalue weighted by Gasteiger charge is -2.21. The van der Waals surface area contributed by atoms with Crippen LogP contribution in [0.5, 0.6) is 5.75 Å². The summed E-state index contributed by atoms with van der Waals surface area (Å²) in [6.07, 6.45) is 1.46. The number of furan rings is 1. The number of sulfonamides is 1. The van der Waals surface area contributed by atoms with Crippen LogP contribution in [0.3, 0.4) is 0 Å². The lowest BCUT2D eigenvalue weighted by atomic mass is 10.1. The zero-order valence-electron chi connectivity index (χ0n) is 16.2. The maximum absolute atomic E-state index is 12.4. The number of carbonyl (C=O) groups is 1. The van der Waals surface area contributed by atoms with Crippen molar-refractivity contribution >= 4 is 27.6 Å². The van der Waals surface area contributed by atoms with Crippen molar-refractivity contribution in [1.82, 2.24) is 4.72 Å². The molecule has 0 fully saturated rings. The van der Waals surface area contributed by atoms with Gasteiger partial charge in [0.1, 0.15) is 18.1 Å². The van der Waals surface area contributed by atoms with Gasteiger partial charge in [0.25, 0.3) is 0 Å². The van der Waals surface area contributed by atoms with Gasteiger partial charge in [-0.2, -0.15) is 0 Å². The molecule has 162 valence electrons. The van der Waals surface area contributed by atoms with Crippen molar-refractivity contribution in [2.75, 3.05) is 6.79 Å². The third kappa shape index (κ3) is 5.08. The number of esters is 1. The van der Waals surface area contributed by atoms with Crippen LogP contribution in [0.4, 0.5) is 0 Å². The van der Waals surface area contributed by atoms with Gasteiger partial charge in [-0.15, -0.1) is 0 Å². The Bertz CT molecular complexity index is 1180. The first-order valence-electron chi connectivity index (χ1n) is 9.23. The van der Waals surface area contributed by atoms with Crippen LogP contribution >= 0.6 is 11.6 Å². The first-order chi connectivity index (χ1) is 14.9. The molecule has 31 heavy (non-hydrogen) atoms. The van der Waals surface area contributed by atoms with Crippen molar-refractivity contribution in [3.63, 3.8) is 0 Å². The van der Waals surface area contributed by atoms with E-state index in [-0.39, 0.29) is 30.4 Å². The molecule has 10 heteroatoms. The number of fused-ring (bicyclic) bond motifs is 1. The summed E-state index contributed by atoms with van der Waals surface area (Å²) in [5, 5.41) is 0.482. The predicted molar refractivity (Wildman–Crippen MR) is 110 cm³/mol. The molecule has 2 aromatic carbocycles. The van der Waals surface area contributed by atoms with Gasteiger partial charge in [0, 0.05) is 16.1 Å². The Hall–Kier alpha value is -2.85. The standard InChI is InChI=1S/C21H18ClNO7S/c22-17-8-15-11-27-13-30-20(15)16(9-17)12-29-21(24)14-3-5-19(6-4-14)31(25,26)23-10-18-2-1-7-28-18/h1-9,23H,10-13H2. The molecule has 1 aliphatic heterocycles. The molecule has 0 saturated carbocycles. The van der Waals surface area contributed by atoms with E-state index in [0.29, 0.717) is 28.7 Å². The zero-order valence-corrected chi connectivity index (χ0v) is 17.7. The molecular weight excluding hydrogens is 446 g/mol. The molecule has 1 aromatic heterocycles. The molecule has 1 N–H and O–H groups in total. The molecule has 0 spiro atoms. The van der Waals surface area contributed by atoms with Crippen LogP contribution in [0.2, 0.25) is 5.02 Å². The molecule has 0 radical (unpaired) electrons. The number of nitrogens with one attached hydrogen (secondary N) is 1. The van der Waals surface area contributed by atoms with Crippen molar-refractivity contribution in [3.8, 4) is 5.75 Å². The van der Waals surface area contributed by atoms with Gasteiger partial charge in [-0.1, -0.05) is 11.6 Å². The third-order valence-corrected chi connectivity index (χ3v) is 6.16. The Morgan fingerprint density at radius 1 is 1.16 bits per heavy atom. The minimum absolute atomic E-state index is 0.0212. The molecule has 0 unspecified atom stereocenters. The maximum Gasteiger partial charge on any atom is 0.338 e. The van der Waals surface area contributed by atoms with Gasteiger partial charge in [0.15, 0.2) is 6.79 Å². The summed E-state index contributed by atoms with van der Waals surface area (Å²) >= 11 is 6.11. The number of hydrogen-bond acceptors (Lipinski definition) is 7. The third-order valence-electron chi connectivity index (χ3n) is 4.53. The van der Waals surface area contributed by atoms with Crippen LogP contribution in [-0.2, 0) is 39.3 Å². The van der Waals surface area contributed by atoms with E-state index in [9.17, 15) is 13.2 Å². The maximum atomic E-state index is 12.4. The van der Waals surface area contributed by atoms with Crippen molar-refractivity contribution in [2.24, 2.45) is 0 Å². The van der Waals surface area contributed by atoms with Crippen LogP contribution in [0.1, 0.15) is 27.2 Å². The summed E-state index contributed by atoms with van der Waals surface area (Å²) in [7, 11) is -3.75. The highest BCUT2D eigenvalue weighted by Crippen LogP contribution is 2.32. The van der Waals surface area contributed by atoms with Gasteiger partial charge in [-0.25, -0.2) is 17.9 Å². The van der Waals surface area contributed by atoms with Crippen LogP contribution in [-0.4, -0.2) is 21.2 Å². The fraction of sp³-hybridized carbons (Fsp3) is 0.190. The first-order valence-corrected chi connectivity index (χ1v) is 11.1. The number of halogens is 1. The first kappa shape index (κ1) is 21.4. The van der Waals surface area contributed by atoms with E-state index in [2.05, 4.69) is 4.72 Å². The Morgan fingerprint density at radius 2 is 1.97 bits per heavy atom. The minimum atomic E-state index is -3.75. The van der Waals surface area contributed by atoms with Crippen LogP contribution in [0.15, 0.2) is 64.1 Å². The molecule has 4 rings (SSSR count). The van der Waals surface area contributed by atoms with Crippen molar-refractivity contribution in [1.29, 1.82) is 0 Å². The van der Waals surface area contributed by atoms with Crippen LogP contribution < -0.4 is 9.46 Å². The summed E-state index contributed by atoms with van der Waals surface area (Å²) in [6, 6.07) is 12.2. The van der Waals surface area contributed by atoms with E-state index in [0.717, 1.165) is 5.56 Å². The second kappa shape index (κ2) is 9.11. The molecule has 3 aromatic rings. The highest BCUT2D eigenvalue weighted by molar-refractivity contribution is 7.89. The molecule has 1 aliphatic rings. The quantitative estimate of drug-likeness (QED) is 0.533. The summed E-state index contributed by atoms with van der Waals surface area (Å²) in [5.74, 6) is 0.475. The molecule has 2 heterocycles. The van der Waals surface area contributed by atoms with Gasteiger partial charge in [-0.05, 0) is 48.5 Å². The Balaban J connectivity index is 1.40. The van der Waals surface area contributed by atoms with E-state index < -0.39 is 16.0 Å². The molecular formula is C21H18ClNO7S. The highest BCUT2D eigenvalue weighted by atomic mass is 35.5. The number of benzene rings is 2. The Kier molecular flexibility index (Phi) is 6.28. The lowest BCUT2D eigenvalue weighted by molar-refractivity contribution is -0.0180. The van der Waals surface area contributed by atoms with E-state index in [1.807, 2.05) is 0 Å². The Morgan fingerprint density at radius 3 is 2.71 bits per heavy atom. The Labute approximate surface area is 183 Å². The molecule has 0 saturated heterocycles. The lowest BCUT2D eigenvalue weighted by Crippen LogP contribution is -2.23. The summed E-state index contributed by atoms with van der Waals surface area (Å²) in [5.41, 5.74) is 1.62. The smallest absolute Gasteiger partial charge is 0.338 e. The minimum Gasteiger partial charge on any atom is -0.468 e. The fourth-order valence-corrected chi connectivity index (χ4v) is 4.28. The topological polar surface area (TPSA) is 104 Å². The van der Waals surface area contributed by atoms with Gasteiger partial charge in [0.05, 0.1) is 29.9 Å². The van der Waals surface area contributed by atoms with Gasteiger partial charge >= 0.3 is 5.97 Å². The summed E-state index contributed by atoms with van der Waals surface area (Å²) in [4.78, 5) is 12.4. The van der Waals surface area contributed by atoms with Crippen LogP contribution in [0, 0.1) is 0 Å². The molecule has 0 amide bonds. The average molecular weight is 464 g/mol. The number of carbonyl (C=O) groups excluding carboxylic acids is 1. The number of ether oxygens (including phenoxy) is 3. The van der Waals surface area contributed by atoms with Gasteiger partial charge in [0.2, 0.25) is 10.0 Å². The second-order valence-electron chi connectivity index (χ2n) is 6.67.